The Labute approximate surface area is 823 Å². The standard InChI is InChI=1S/C36H22N2S.2C34H21NO.C30H19NO/c1-2-10-23(11-3-1)37-31-15-7-4-12-25(31)28-20-24(18-19-33(28)37)38-32-16-8-5-13-26(32)29-22-36-30(21-34(29)38)27-14-6-9-17-35(27)39-36;1-2-8-22(9-3-1)24-15-14-23-16-17-26(19-25(23)18-24)35-31-12-6-4-10-27(31)29-21-34-30(20-32(29)35)28-11-5-7-13-33(28)36-34;1-2-10-22(11-3-1)23-18-19-31(25-13-5-4-12-24(23)25)35-30-16-8-6-14-26(30)28-21-34-29(20-32(28)35)27-15-7-9-17-33(27)36-34;1-2-8-20(9-3-1)21-14-16-22(17-15-21)31-27-12-6-4-10-23(27)25-19-30-26(18-28(25)31)24-11-5-7-13-29(24)32-30/h1-22H;2*1-21H;1-19H. The highest BCUT2D eigenvalue weighted by molar-refractivity contribution is 7.25. The van der Waals surface area contributed by atoms with Crippen LogP contribution in [0.15, 0.2) is 517 Å². The molecule has 0 saturated carbocycles. The monoisotopic (exact) mass is 1840 g/mol. The van der Waals surface area contributed by atoms with E-state index in [0.717, 1.165) is 77.2 Å². The van der Waals surface area contributed by atoms with Gasteiger partial charge in [-0.3, -0.25) is 0 Å². The van der Waals surface area contributed by atoms with Crippen LogP contribution in [0.1, 0.15) is 0 Å². The van der Waals surface area contributed by atoms with E-state index < -0.39 is 0 Å². The van der Waals surface area contributed by atoms with Gasteiger partial charge in [0.05, 0.1) is 60.9 Å². The Kier molecular flexibility index (Phi) is 18.8. The smallest absolute Gasteiger partial charge is 0.136 e. The predicted molar refractivity (Wildman–Crippen MR) is 604 cm³/mol. The highest BCUT2D eigenvalue weighted by Gasteiger charge is 2.25. The molecule has 8 nitrogen and oxygen atoms in total. The normalized spacial score (nSPS) is 11.9. The molecule has 0 atom stereocenters. The maximum atomic E-state index is 6.25. The van der Waals surface area contributed by atoms with Crippen LogP contribution in [0.4, 0.5) is 0 Å². The summed E-state index contributed by atoms with van der Waals surface area (Å²) in [6.07, 6.45) is 0. The summed E-state index contributed by atoms with van der Waals surface area (Å²) in [7, 11) is 0. The molecule has 23 aromatic carbocycles. The lowest BCUT2D eigenvalue weighted by Gasteiger charge is -2.15. The van der Waals surface area contributed by atoms with E-state index in [1.54, 1.807) is 0 Å². The number of nitrogens with zero attached hydrogens (tertiary/aromatic N) is 5. The highest BCUT2D eigenvalue weighted by Crippen LogP contribution is 2.48. The van der Waals surface area contributed by atoms with E-state index in [0.29, 0.717) is 0 Å². The quantitative estimate of drug-likeness (QED) is 0.152. The fourth-order valence-corrected chi connectivity index (χ4v) is 23.9. The second-order valence-corrected chi connectivity index (χ2v) is 38.3. The molecule has 32 aromatic rings. The Morgan fingerprint density at radius 1 is 0.140 bits per heavy atom. The van der Waals surface area contributed by atoms with E-state index in [4.69, 9.17) is 13.3 Å². The van der Waals surface area contributed by atoms with Gasteiger partial charge in [0.2, 0.25) is 0 Å². The molecule has 9 heterocycles. The van der Waals surface area contributed by atoms with Gasteiger partial charge in [0.15, 0.2) is 0 Å². The number of hydrogen-bond donors (Lipinski definition) is 0. The van der Waals surface area contributed by atoms with Gasteiger partial charge in [-0.05, 0) is 219 Å². The van der Waals surface area contributed by atoms with Gasteiger partial charge in [0.25, 0.3) is 0 Å². The Bertz CT molecular complexity index is 10800. The third-order valence-corrected chi connectivity index (χ3v) is 30.4. The molecule has 32 rings (SSSR count). The maximum Gasteiger partial charge on any atom is 0.136 e. The highest BCUT2D eigenvalue weighted by atomic mass is 32.1. The zero-order valence-corrected chi connectivity index (χ0v) is 78.1. The first-order valence-electron chi connectivity index (χ1n) is 48.7. The zero-order valence-electron chi connectivity index (χ0n) is 77.3. The number of rotatable bonds is 8. The van der Waals surface area contributed by atoms with Crippen molar-refractivity contribution in [3.63, 3.8) is 0 Å². The minimum atomic E-state index is 0.925. The van der Waals surface area contributed by atoms with Crippen molar-refractivity contribution in [3.05, 3.63) is 504 Å². The fraction of sp³-hybridized carbons (Fsp3) is 0. The van der Waals surface area contributed by atoms with E-state index in [2.05, 4.69) is 490 Å². The van der Waals surface area contributed by atoms with Gasteiger partial charge in [0.1, 0.15) is 33.5 Å². The molecule has 0 N–H and O–H groups in total. The third-order valence-electron chi connectivity index (χ3n) is 29.3. The van der Waals surface area contributed by atoms with Gasteiger partial charge in [-0.1, -0.05) is 334 Å². The summed E-state index contributed by atoms with van der Waals surface area (Å²) in [5, 5.41) is 26.9. The third kappa shape index (κ3) is 13.3. The summed E-state index contributed by atoms with van der Waals surface area (Å²) in [5.41, 5.74) is 30.9. The molecule has 0 unspecified atom stereocenters. The van der Waals surface area contributed by atoms with Crippen LogP contribution in [0.25, 0.3) is 278 Å². The first kappa shape index (κ1) is 81.4. The van der Waals surface area contributed by atoms with Crippen molar-refractivity contribution >= 4 is 228 Å². The van der Waals surface area contributed by atoms with Crippen LogP contribution in [0.3, 0.4) is 0 Å². The first-order chi connectivity index (χ1) is 70.9. The minimum Gasteiger partial charge on any atom is -0.456 e. The number of furan rings is 3. The lowest BCUT2D eigenvalue weighted by atomic mass is 9.97. The molecule has 143 heavy (non-hydrogen) atoms. The largest absolute Gasteiger partial charge is 0.456 e. The zero-order chi connectivity index (χ0) is 93.8. The van der Waals surface area contributed by atoms with Crippen LogP contribution < -0.4 is 0 Å². The number of hydrogen-bond acceptors (Lipinski definition) is 4. The average Bonchev–Trinajstić information content (AvgIpc) is 1.57. The molecule has 9 heteroatoms. The SMILES string of the molecule is c1ccc(-c2ccc(-n3c4ccccc4c4cc5oc6ccccc6c5cc43)c3ccccc23)cc1.c1ccc(-c2ccc(-n3c4ccccc4c4cc5oc6ccccc6c5cc43)cc2)cc1.c1ccc(-c2ccc3ccc(-n4c5ccccc5c5cc6oc7ccccc7c6cc54)cc3c2)cc1.c1ccc(-n2c3ccccc3c3cc(-n4c5ccccc5c5cc6sc7ccccc7c6cc54)ccc32)cc1. The van der Waals surface area contributed by atoms with Crippen LogP contribution in [0, 0.1) is 0 Å². The van der Waals surface area contributed by atoms with Crippen molar-refractivity contribution in [1.29, 1.82) is 0 Å². The van der Waals surface area contributed by atoms with Crippen LogP contribution in [0.5, 0.6) is 0 Å². The number of fused-ring (bicyclic) bond motifs is 29. The summed E-state index contributed by atoms with van der Waals surface area (Å²) in [6, 6.07) is 180. The van der Waals surface area contributed by atoms with E-state index >= 15 is 0 Å². The molecule has 668 valence electrons. The van der Waals surface area contributed by atoms with Gasteiger partial charge in [-0.25, -0.2) is 0 Å². The maximum absolute atomic E-state index is 6.25. The molecule has 0 aliphatic heterocycles. The summed E-state index contributed by atoms with van der Waals surface area (Å²) in [4.78, 5) is 0. The molecule has 0 aliphatic rings. The Hall–Kier alpha value is -18.8. The van der Waals surface area contributed by atoms with Crippen LogP contribution in [-0.2, 0) is 0 Å². The molecule has 0 radical (unpaired) electrons. The van der Waals surface area contributed by atoms with Crippen LogP contribution in [-0.4, -0.2) is 22.8 Å². The van der Waals surface area contributed by atoms with Crippen molar-refractivity contribution in [2.24, 2.45) is 0 Å². The second kappa shape index (κ2) is 33.0. The summed E-state index contributed by atoms with van der Waals surface area (Å²) >= 11 is 1.88. The van der Waals surface area contributed by atoms with Gasteiger partial charge in [-0.15, -0.1) is 11.3 Å². The van der Waals surface area contributed by atoms with Crippen molar-refractivity contribution in [1.82, 2.24) is 22.8 Å². The van der Waals surface area contributed by atoms with Crippen molar-refractivity contribution in [2.45, 2.75) is 0 Å². The molecular weight excluding hydrogens is 1760 g/mol. The van der Waals surface area contributed by atoms with E-state index in [-0.39, 0.29) is 0 Å². The summed E-state index contributed by atoms with van der Waals surface area (Å²) < 4.78 is 33.3. The topological polar surface area (TPSA) is 64.1 Å². The number of thiophene rings is 1. The van der Waals surface area contributed by atoms with Crippen LogP contribution >= 0.6 is 11.3 Å². The fourth-order valence-electron chi connectivity index (χ4n) is 22.8. The molecule has 0 spiro atoms. The summed E-state index contributed by atoms with van der Waals surface area (Å²) in [6.45, 7) is 0. The van der Waals surface area contributed by atoms with Gasteiger partial charge in [0, 0.05) is 134 Å². The Balaban J connectivity index is 0.0000000911. The summed E-state index contributed by atoms with van der Waals surface area (Å²) in [5.74, 6) is 0. The molecule has 0 saturated heterocycles. The molecular formula is C134H83N5O3S. The van der Waals surface area contributed by atoms with E-state index in [1.165, 1.54) is 201 Å². The van der Waals surface area contributed by atoms with Crippen LogP contribution in [0.2, 0.25) is 0 Å². The lowest BCUT2D eigenvalue weighted by Crippen LogP contribution is -1.96. The molecule has 0 bridgehead atoms. The first-order valence-corrected chi connectivity index (χ1v) is 49.5. The van der Waals surface area contributed by atoms with Crippen molar-refractivity contribution in [3.8, 4) is 61.8 Å². The predicted octanol–water partition coefficient (Wildman–Crippen LogP) is 37.6. The van der Waals surface area contributed by atoms with Gasteiger partial charge < -0.3 is 36.1 Å². The molecule has 9 aromatic heterocycles. The molecule has 0 aliphatic carbocycles. The average molecular weight is 1840 g/mol. The Morgan fingerprint density at radius 3 is 0.979 bits per heavy atom. The second-order valence-electron chi connectivity index (χ2n) is 37.2. The number of para-hydroxylation sites is 9. The van der Waals surface area contributed by atoms with E-state index in [9.17, 15) is 0 Å². The number of benzene rings is 23. The van der Waals surface area contributed by atoms with E-state index in [1.807, 2.05) is 47.7 Å². The molecule has 0 amide bonds. The lowest BCUT2D eigenvalue weighted by molar-refractivity contribution is 0.669. The Morgan fingerprint density at radius 2 is 0.469 bits per heavy atom. The number of aromatic nitrogens is 5. The minimum absolute atomic E-state index is 0.925. The van der Waals surface area contributed by atoms with Crippen molar-refractivity contribution < 1.29 is 13.3 Å². The van der Waals surface area contributed by atoms with Gasteiger partial charge >= 0.3 is 0 Å². The molecule has 0 fully saturated rings. The van der Waals surface area contributed by atoms with Crippen molar-refractivity contribution in [2.75, 3.05) is 0 Å². The van der Waals surface area contributed by atoms with Gasteiger partial charge in [-0.2, -0.15) is 0 Å².